The van der Waals surface area contributed by atoms with Gasteiger partial charge in [-0.2, -0.15) is 0 Å². The molecule has 5 heteroatoms. The average Bonchev–Trinajstić information content (AvgIpc) is 2.83. The van der Waals surface area contributed by atoms with Crippen LogP contribution >= 0.6 is 11.3 Å². The molecule has 1 aliphatic carbocycles. The molecule has 4 nitrogen and oxygen atoms in total. The number of rotatable bonds is 6. The second-order valence-corrected chi connectivity index (χ2v) is 8.69. The summed E-state index contributed by atoms with van der Waals surface area (Å²) in [6.07, 6.45) is 5.72. The maximum absolute atomic E-state index is 13.1. The molecule has 3 rings (SSSR count). The molecule has 1 aliphatic rings. The Balaban J connectivity index is 1.92. The molecule has 0 spiro atoms. The van der Waals surface area contributed by atoms with Crippen LogP contribution in [0.5, 0.6) is 0 Å². The highest BCUT2D eigenvalue weighted by molar-refractivity contribution is 7.17. The van der Waals surface area contributed by atoms with Gasteiger partial charge in [0.15, 0.2) is 0 Å². The van der Waals surface area contributed by atoms with E-state index in [1.165, 1.54) is 11.3 Å². The minimum atomic E-state index is -0.322. The summed E-state index contributed by atoms with van der Waals surface area (Å²) >= 11 is 1.55. The van der Waals surface area contributed by atoms with E-state index in [9.17, 15) is 9.59 Å². The Hall–Kier alpha value is -2.14. The third-order valence-corrected chi connectivity index (χ3v) is 6.34. The van der Waals surface area contributed by atoms with Crippen molar-refractivity contribution in [2.45, 2.75) is 71.3 Å². The molecule has 1 aromatic carbocycles. The summed E-state index contributed by atoms with van der Waals surface area (Å²) in [5, 5.41) is 3.72. The number of nitrogens with one attached hydrogen (secondary N) is 1. The van der Waals surface area contributed by atoms with Crippen molar-refractivity contribution in [1.29, 1.82) is 0 Å². The zero-order chi connectivity index (χ0) is 20.1. The van der Waals surface area contributed by atoms with Gasteiger partial charge >= 0.3 is 5.97 Å². The first kappa shape index (κ1) is 20.6. The molecule has 1 N–H and O–H groups in total. The van der Waals surface area contributed by atoms with Gasteiger partial charge in [0.05, 0.1) is 17.6 Å². The normalized spacial score (nSPS) is 14.9. The molecular formula is C23H29NO3S. The largest absolute Gasteiger partial charge is 0.459 e. The van der Waals surface area contributed by atoms with Gasteiger partial charge in [-0.1, -0.05) is 43.7 Å². The molecule has 28 heavy (non-hydrogen) atoms. The highest BCUT2D eigenvalue weighted by Gasteiger charge is 2.28. The van der Waals surface area contributed by atoms with Crippen molar-refractivity contribution in [1.82, 2.24) is 0 Å². The van der Waals surface area contributed by atoms with Gasteiger partial charge in [0.1, 0.15) is 5.00 Å². The van der Waals surface area contributed by atoms with Crippen LogP contribution < -0.4 is 5.32 Å². The maximum Gasteiger partial charge on any atom is 0.341 e. The maximum atomic E-state index is 13.1. The van der Waals surface area contributed by atoms with Crippen LogP contribution in [-0.2, 0) is 22.4 Å². The number of thiophene rings is 1. The van der Waals surface area contributed by atoms with Gasteiger partial charge in [-0.05, 0) is 57.1 Å². The lowest BCUT2D eigenvalue weighted by Crippen LogP contribution is -2.22. The van der Waals surface area contributed by atoms with Crippen LogP contribution in [-0.4, -0.2) is 18.0 Å². The number of amides is 1. The fourth-order valence-electron chi connectivity index (χ4n) is 3.78. The van der Waals surface area contributed by atoms with E-state index in [0.717, 1.165) is 36.8 Å². The van der Waals surface area contributed by atoms with Gasteiger partial charge in [0.25, 0.3) is 0 Å². The van der Waals surface area contributed by atoms with Crippen LogP contribution in [0.1, 0.15) is 78.7 Å². The molecule has 1 atom stereocenters. The van der Waals surface area contributed by atoms with Gasteiger partial charge in [0, 0.05) is 4.88 Å². The number of fused-ring (bicyclic) bond motifs is 1. The number of carbonyl (C=O) groups excluding carboxylic acids is 2. The van der Waals surface area contributed by atoms with Crippen LogP contribution in [0.2, 0.25) is 0 Å². The third kappa shape index (κ3) is 4.64. The number of aryl methyl sites for hydroxylation is 1. The summed E-state index contributed by atoms with van der Waals surface area (Å²) in [6, 6.07) is 9.80. The lowest BCUT2D eigenvalue weighted by molar-refractivity contribution is -0.117. The van der Waals surface area contributed by atoms with Gasteiger partial charge in [0.2, 0.25) is 5.91 Å². The first-order valence-electron chi connectivity index (χ1n) is 10.2. The Morgan fingerprint density at radius 2 is 1.82 bits per heavy atom. The monoisotopic (exact) mass is 399 g/mol. The van der Waals surface area contributed by atoms with Crippen LogP contribution in [0.25, 0.3) is 0 Å². The molecule has 0 saturated heterocycles. The van der Waals surface area contributed by atoms with E-state index in [4.69, 9.17) is 4.74 Å². The zero-order valence-electron chi connectivity index (χ0n) is 16.9. The number of carbonyl (C=O) groups is 2. The molecule has 0 aliphatic heterocycles. The van der Waals surface area contributed by atoms with Gasteiger partial charge in [-0.15, -0.1) is 11.3 Å². The molecule has 1 amide bonds. The predicted octanol–water partition coefficient (Wildman–Crippen LogP) is 5.71. The van der Waals surface area contributed by atoms with Gasteiger partial charge in [-0.3, -0.25) is 4.79 Å². The molecule has 0 radical (unpaired) electrons. The second kappa shape index (κ2) is 9.37. The van der Waals surface area contributed by atoms with Crippen LogP contribution in [0, 0.1) is 0 Å². The number of benzene rings is 1. The SMILES string of the molecule is CCC(C(=O)Nc1sc2c(c1C(=O)OC(C)C)CCCCC2)c1ccccc1. The molecular weight excluding hydrogens is 370 g/mol. The summed E-state index contributed by atoms with van der Waals surface area (Å²) in [6.45, 7) is 5.71. The third-order valence-electron chi connectivity index (χ3n) is 5.13. The highest BCUT2D eigenvalue weighted by Crippen LogP contribution is 2.38. The van der Waals surface area contributed by atoms with E-state index >= 15 is 0 Å². The molecule has 150 valence electrons. The van der Waals surface area contributed by atoms with E-state index in [1.807, 2.05) is 51.1 Å². The van der Waals surface area contributed by atoms with E-state index in [2.05, 4.69) is 5.32 Å². The van der Waals surface area contributed by atoms with Gasteiger partial charge in [-0.25, -0.2) is 4.79 Å². The van der Waals surface area contributed by atoms with E-state index in [1.54, 1.807) is 11.3 Å². The van der Waals surface area contributed by atoms with Crippen LogP contribution in [0.4, 0.5) is 5.00 Å². The minimum Gasteiger partial charge on any atom is -0.459 e. The molecule has 0 saturated carbocycles. The van der Waals surface area contributed by atoms with Crippen molar-refractivity contribution < 1.29 is 14.3 Å². The number of ether oxygens (including phenoxy) is 1. The van der Waals surface area contributed by atoms with E-state index in [-0.39, 0.29) is 23.9 Å². The standard InChI is InChI=1S/C23H29NO3S/c1-4-17(16-11-7-5-8-12-16)21(25)24-22-20(23(26)27-15(2)3)18-13-9-6-10-14-19(18)28-22/h5,7-8,11-12,15,17H,4,6,9-10,13-14H2,1-3H3,(H,24,25). The number of anilines is 1. The Morgan fingerprint density at radius 3 is 2.50 bits per heavy atom. The molecule has 1 heterocycles. The molecule has 0 bridgehead atoms. The Kier molecular flexibility index (Phi) is 6.89. The Labute approximate surface area is 171 Å². The quantitative estimate of drug-likeness (QED) is 0.500. The van der Waals surface area contributed by atoms with Crippen molar-refractivity contribution >= 4 is 28.2 Å². The van der Waals surface area contributed by atoms with Crippen LogP contribution in [0.15, 0.2) is 30.3 Å². The summed E-state index contributed by atoms with van der Waals surface area (Å²) in [5.74, 6) is -0.627. The Morgan fingerprint density at radius 1 is 1.11 bits per heavy atom. The summed E-state index contributed by atoms with van der Waals surface area (Å²) in [4.78, 5) is 27.1. The van der Waals surface area contributed by atoms with Gasteiger partial charge < -0.3 is 10.1 Å². The smallest absolute Gasteiger partial charge is 0.341 e. The summed E-state index contributed by atoms with van der Waals surface area (Å²) < 4.78 is 5.51. The van der Waals surface area contributed by atoms with E-state index < -0.39 is 0 Å². The molecule has 2 aromatic rings. The first-order valence-corrected chi connectivity index (χ1v) is 11.0. The molecule has 1 unspecified atom stereocenters. The summed E-state index contributed by atoms with van der Waals surface area (Å²) in [7, 11) is 0. The fourth-order valence-corrected chi connectivity index (χ4v) is 5.06. The lowest BCUT2D eigenvalue weighted by atomic mass is 9.95. The predicted molar refractivity (Wildman–Crippen MR) is 114 cm³/mol. The minimum absolute atomic E-state index is 0.0660. The number of esters is 1. The van der Waals surface area contributed by atoms with Crippen molar-refractivity contribution in [3.8, 4) is 0 Å². The van der Waals surface area contributed by atoms with Crippen molar-refractivity contribution in [2.75, 3.05) is 5.32 Å². The Bertz CT molecular complexity index is 826. The number of hydrogen-bond acceptors (Lipinski definition) is 4. The van der Waals surface area contributed by atoms with E-state index in [0.29, 0.717) is 17.0 Å². The molecule has 0 fully saturated rings. The summed E-state index contributed by atoms with van der Waals surface area (Å²) in [5.41, 5.74) is 2.65. The topological polar surface area (TPSA) is 55.4 Å². The molecule has 1 aromatic heterocycles. The highest BCUT2D eigenvalue weighted by atomic mass is 32.1. The van der Waals surface area contributed by atoms with Crippen molar-refractivity contribution in [3.63, 3.8) is 0 Å². The first-order chi connectivity index (χ1) is 13.5. The lowest BCUT2D eigenvalue weighted by Gasteiger charge is -2.16. The van der Waals surface area contributed by atoms with Crippen LogP contribution in [0.3, 0.4) is 0 Å². The van der Waals surface area contributed by atoms with Crippen molar-refractivity contribution in [3.05, 3.63) is 51.9 Å². The number of hydrogen-bond donors (Lipinski definition) is 1. The zero-order valence-corrected chi connectivity index (χ0v) is 17.7. The fraction of sp³-hybridized carbons (Fsp3) is 0.478. The second-order valence-electron chi connectivity index (χ2n) is 7.58. The van der Waals surface area contributed by atoms with Crippen molar-refractivity contribution in [2.24, 2.45) is 0 Å². The average molecular weight is 400 g/mol.